The van der Waals surface area contributed by atoms with Gasteiger partial charge in [-0.15, -0.1) is 0 Å². The van der Waals surface area contributed by atoms with Gasteiger partial charge in [0.1, 0.15) is 0 Å². The van der Waals surface area contributed by atoms with Crippen LogP contribution in [-0.2, 0) is 19.9 Å². The largest absolute Gasteiger partial charge is 0.276 e. The first kappa shape index (κ1) is 13.3. The highest BCUT2D eigenvalue weighted by atomic mass is 15.2. The topological polar surface area (TPSA) is 55.9 Å². The Morgan fingerprint density at radius 3 is 3.05 bits per heavy atom. The number of fused-ring (bicyclic) bond motifs is 1. The zero-order chi connectivity index (χ0) is 13.9. The predicted octanol–water partition coefficient (Wildman–Crippen LogP) is 1.91. The second-order valence-corrected chi connectivity index (χ2v) is 5.68. The maximum atomic E-state index is 5.81. The molecule has 3 N–H and O–H groups in total. The van der Waals surface area contributed by atoms with Crippen molar-refractivity contribution in [2.24, 2.45) is 12.9 Å². The van der Waals surface area contributed by atoms with E-state index in [9.17, 15) is 0 Å². The van der Waals surface area contributed by atoms with E-state index in [2.05, 4.69) is 41.0 Å². The van der Waals surface area contributed by atoms with Crippen molar-refractivity contribution in [3.63, 3.8) is 0 Å². The summed E-state index contributed by atoms with van der Waals surface area (Å²) in [5.74, 6) is 6.34. The summed E-state index contributed by atoms with van der Waals surface area (Å²) >= 11 is 0. The number of aryl methyl sites for hydroxylation is 3. The van der Waals surface area contributed by atoms with Crippen molar-refractivity contribution in [2.75, 3.05) is 0 Å². The van der Waals surface area contributed by atoms with Gasteiger partial charge in [0.15, 0.2) is 0 Å². The fraction of sp³-hybridized carbons (Fsp3) is 0.438. The van der Waals surface area contributed by atoms with E-state index in [1.165, 1.54) is 29.5 Å². The molecule has 20 heavy (non-hydrogen) atoms. The average molecular weight is 270 g/mol. The second kappa shape index (κ2) is 5.77. The van der Waals surface area contributed by atoms with Crippen molar-refractivity contribution >= 4 is 0 Å². The zero-order valence-electron chi connectivity index (χ0n) is 11.9. The van der Waals surface area contributed by atoms with E-state index in [1.807, 2.05) is 17.9 Å². The first-order valence-electron chi connectivity index (χ1n) is 7.29. The van der Waals surface area contributed by atoms with Gasteiger partial charge in [-0.2, -0.15) is 5.10 Å². The molecule has 0 saturated carbocycles. The molecule has 1 aliphatic rings. The van der Waals surface area contributed by atoms with Gasteiger partial charge in [-0.3, -0.25) is 16.0 Å². The molecule has 106 valence electrons. The van der Waals surface area contributed by atoms with Crippen LogP contribution in [0.25, 0.3) is 0 Å². The summed E-state index contributed by atoms with van der Waals surface area (Å²) in [4.78, 5) is 0. The maximum Gasteiger partial charge on any atom is 0.0521 e. The Morgan fingerprint density at radius 2 is 2.30 bits per heavy atom. The molecule has 0 fully saturated rings. The van der Waals surface area contributed by atoms with Crippen molar-refractivity contribution in [3.05, 3.63) is 53.3 Å². The fourth-order valence-corrected chi connectivity index (χ4v) is 3.33. The van der Waals surface area contributed by atoms with Gasteiger partial charge in [0.2, 0.25) is 0 Å². The summed E-state index contributed by atoms with van der Waals surface area (Å²) in [5.41, 5.74) is 7.27. The summed E-state index contributed by atoms with van der Waals surface area (Å²) in [6.07, 6.45) is 8.45. The van der Waals surface area contributed by atoms with Gasteiger partial charge >= 0.3 is 0 Å². The normalized spacial score (nSPS) is 19.0. The van der Waals surface area contributed by atoms with Crippen LogP contribution in [0.15, 0.2) is 36.7 Å². The van der Waals surface area contributed by atoms with Crippen LogP contribution in [0.1, 0.15) is 35.4 Å². The summed E-state index contributed by atoms with van der Waals surface area (Å²) in [5, 5.41) is 4.22. The van der Waals surface area contributed by atoms with Gasteiger partial charge in [-0.25, -0.2) is 0 Å². The van der Waals surface area contributed by atoms with Crippen LogP contribution < -0.4 is 11.3 Å². The number of rotatable bonds is 5. The Balaban J connectivity index is 1.68. The molecular weight excluding hydrogens is 248 g/mol. The zero-order valence-corrected chi connectivity index (χ0v) is 11.9. The molecule has 3 rings (SSSR count). The molecule has 0 saturated heterocycles. The quantitative estimate of drug-likeness (QED) is 0.644. The molecule has 0 bridgehead atoms. The number of hydrogen-bond donors (Lipinski definition) is 2. The second-order valence-electron chi connectivity index (χ2n) is 5.68. The van der Waals surface area contributed by atoms with Gasteiger partial charge in [-0.1, -0.05) is 24.3 Å². The Morgan fingerprint density at radius 1 is 1.45 bits per heavy atom. The highest BCUT2D eigenvalue weighted by molar-refractivity contribution is 5.36. The molecule has 2 unspecified atom stereocenters. The summed E-state index contributed by atoms with van der Waals surface area (Å²) in [7, 11) is 1.95. The van der Waals surface area contributed by atoms with Gasteiger partial charge in [0, 0.05) is 25.2 Å². The van der Waals surface area contributed by atoms with Gasteiger partial charge in [-0.05, 0) is 42.4 Å². The van der Waals surface area contributed by atoms with Gasteiger partial charge < -0.3 is 0 Å². The highest BCUT2D eigenvalue weighted by Crippen LogP contribution is 2.36. The molecule has 1 aromatic carbocycles. The van der Waals surface area contributed by atoms with Crippen LogP contribution in [0.4, 0.5) is 0 Å². The van der Waals surface area contributed by atoms with Crippen LogP contribution >= 0.6 is 0 Å². The standard InChI is InChI=1S/C16H22N4/c1-20-11-12(10-18-20)6-9-16(19-17)15-8-7-13-4-2-3-5-14(13)15/h2-5,10-11,15-16,19H,6-9,17H2,1H3. The van der Waals surface area contributed by atoms with Crippen LogP contribution in [0.3, 0.4) is 0 Å². The molecule has 2 atom stereocenters. The lowest BCUT2D eigenvalue weighted by molar-refractivity contribution is 0.412. The number of hydrazine groups is 1. The van der Waals surface area contributed by atoms with E-state index in [-0.39, 0.29) is 0 Å². The van der Waals surface area contributed by atoms with Crippen molar-refractivity contribution < 1.29 is 0 Å². The first-order valence-corrected chi connectivity index (χ1v) is 7.29. The van der Waals surface area contributed by atoms with E-state index in [4.69, 9.17) is 5.84 Å². The molecule has 0 spiro atoms. The predicted molar refractivity (Wildman–Crippen MR) is 80.1 cm³/mol. The van der Waals surface area contributed by atoms with Crippen molar-refractivity contribution in [1.82, 2.24) is 15.2 Å². The van der Waals surface area contributed by atoms with Crippen LogP contribution in [0, 0.1) is 0 Å². The summed E-state index contributed by atoms with van der Waals surface area (Å²) < 4.78 is 1.85. The first-order chi connectivity index (χ1) is 9.78. The third-order valence-corrected chi connectivity index (χ3v) is 4.38. The van der Waals surface area contributed by atoms with Gasteiger partial charge in [0.05, 0.1) is 6.20 Å². The number of aromatic nitrogens is 2. The smallest absolute Gasteiger partial charge is 0.0521 e. The van der Waals surface area contributed by atoms with Gasteiger partial charge in [0.25, 0.3) is 0 Å². The number of nitrogens with two attached hydrogens (primary N) is 1. The fourth-order valence-electron chi connectivity index (χ4n) is 3.33. The minimum absolute atomic E-state index is 0.332. The maximum absolute atomic E-state index is 5.81. The van der Waals surface area contributed by atoms with E-state index in [0.717, 1.165) is 12.8 Å². The lowest BCUT2D eigenvalue weighted by atomic mass is 9.90. The van der Waals surface area contributed by atoms with Crippen LogP contribution in [0.2, 0.25) is 0 Å². The van der Waals surface area contributed by atoms with E-state index < -0.39 is 0 Å². The minimum atomic E-state index is 0.332. The molecule has 0 amide bonds. The number of hydrogen-bond acceptors (Lipinski definition) is 3. The minimum Gasteiger partial charge on any atom is -0.276 e. The van der Waals surface area contributed by atoms with E-state index >= 15 is 0 Å². The Bertz CT molecular complexity index is 575. The average Bonchev–Trinajstić information content (AvgIpc) is 3.07. The summed E-state index contributed by atoms with van der Waals surface area (Å²) in [6, 6.07) is 9.08. The van der Waals surface area contributed by atoms with Crippen molar-refractivity contribution in [1.29, 1.82) is 0 Å². The SMILES string of the molecule is Cn1cc(CCC(NN)C2CCc3ccccc32)cn1. The van der Waals surface area contributed by atoms with Crippen LogP contribution in [0.5, 0.6) is 0 Å². The third-order valence-electron chi connectivity index (χ3n) is 4.38. The van der Waals surface area contributed by atoms with E-state index in [1.54, 1.807) is 0 Å². The van der Waals surface area contributed by atoms with Crippen LogP contribution in [-0.4, -0.2) is 15.8 Å². The summed E-state index contributed by atoms with van der Waals surface area (Å²) in [6.45, 7) is 0. The Hall–Kier alpha value is -1.65. The highest BCUT2D eigenvalue weighted by Gasteiger charge is 2.28. The van der Waals surface area contributed by atoms with Crippen molar-refractivity contribution in [3.8, 4) is 0 Å². The molecule has 1 heterocycles. The lowest BCUT2D eigenvalue weighted by Gasteiger charge is -2.23. The molecule has 0 radical (unpaired) electrons. The molecule has 1 aromatic heterocycles. The number of nitrogens with zero attached hydrogens (tertiary/aromatic N) is 2. The molecule has 4 nitrogen and oxygen atoms in total. The third kappa shape index (κ3) is 2.62. The molecule has 2 aromatic rings. The number of benzene rings is 1. The van der Waals surface area contributed by atoms with Crippen molar-refractivity contribution in [2.45, 2.75) is 37.6 Å². The molecule has 4 heteroatoms. The Kier molecular flexibility index (Phi) is 3.85. The van der Waals surface area contributed by atoms with E-state index in [0.29, 0.717) is 12.0 Å². The monoisotopic (exact) mass is 270 g/mol. The number of nitrogens with one attached hydrogen (secondary N) is 1. The lowest BCUT2D eigenvalue weighted by Crippen LogP contribution is -2.39. The Labute approximate surface area is 120 Å². The molecule has 1 aliphatic carbocycles. The molecular formula is C16H22N4. The molecule has 0 aliphatic heterocycles.